The molecule has 0 spiro atoms. The minimum atomic E-state index is -0.484. The van der Waals surface area contributed by atoms with Gasteiger partial charge in [-0.3, -0.25) is 9.18 Å². The number of alkyl halides is 1. The third-order valence-electron chi connectivity index (χ3n) is 2.77. The number of hydrogen-bond acceptors (Lipinski definition) is 3. The SMILES string of the molecule is CC1(C)CC(=O)c2ccc(OCCCF)cc2O1. The number of rotatable bonds is 4. The summed E-state index contributed by atoms with van der Waals surface area (Å²) in [5.41, 5.74) is 0.105. The molecule has 2 rings (SSSR count). The van der Waals surface area contributed by atoms with Crippen LogP contribution >= 0.6 is 0 Å². The Morgan fingerprint density at radius 3 is 2.94 bits per heavy atom. The van der Waals surface area contributed by atoms with Crippen molar-refractivity contribution in [3.8, 4) is 11.5 Å². The van der Waals surface area contributed by atoms with Crippen LogP contribution in [0.1, 0.15) is 37.0 Å². The van der Waals surface area contributed by atoms with Gasteiger partial charge in [0.2, 0.25) is 0 Å². The summed E-state index contributed by atoms with van der Waals surface area (Å²) in [4.78, 5) is 11.9. The molecule has 0 aromatic heterocycles. The zero-order chi connectivity index (χ0) is 13.2. The molecule has 0 fully saturated rings. The van der Waals surface area contributed by atoms with Gasteiger partial charge in [0, 0.05) is 12.5 Å². The van der Waals surface area contributed by atoms with E-state index in [-0.39, 0.29) is 5.78 Å². The number of fused-ring (bicyclic) bond motifs is 1. The molecule has 3 nitrogen and oxygen atoms in total. The summed E-state index contributed by atoms with van der Waals surface area (Å²) in [5, 5.41) is 0. The van der Waals surface area contributed by atoms with E-state index in [1.165, 1.54) is 0 Å². The van der Waals surface area contributed by atoms with Crippen LogP contribution < -0.4 is 9.47 Å². The van der Waals surface area contributed by atoms with Crippen molar-refractivity contribution in [3.05, 3.63) is 23.8 Å². The Morgan fingerprint density at radius 2 is 2.22 bits per heavy atom. The van der Waals surface area contributed by atoms with Gasteiger partial charge in [-0.1, -0.05) is 0 Å². The summed E-state index contributed by atoms with van der Waals surface area (Å²) in [6.07, 6.45) is 0.740. The topological polar surface area (TPSA) is 35.5 Å². The fourth-order valence-corrected chi connectivity index (χ4v) is 1.97. The van der Waals surface area contributed by atoms with E-state index in [0.29, 0.717) is 36.5 Å². The zero-order valence-corrected chi connectivity index (χ0v) is 10.7. The summed E-state index contributed by atoms with van der Waals surface area (Å²) in [5.74, 6) is 1.23. The van der Waals surface area contributed by atoms with Crippen molar-refractivity contribution in [3.63, 3.8) is 0 Å². The maximum atomic E-state index is 12.0. The normalized spacial score (nSPS) is 16.9. The molecular weight excluding hydrogens is 235 g/mol. The molecule has 18 heavy (non-hydrogen) atoms. The highest BCUT2D eigenvalue weighted by Gasteiger charge is 2.32. The Labute approximate surface area is 106 Å². The van der Waals surface area contributed by atoms with E-state index < -0.39 is 12.3 Å². The first-order valence-electron chi connectivity index (χ1n) is 6.07. The van der Waals surface area contributed by atoms with Crippen molar-refractivity contribution >= 4 is 5.78 Å². The van der Waals surface area contributed by atoms with Crippen LogP contribution in [0.4, 0.5) is 4.39 Å². The number of ether oxygens (including phenoxy) is 2. The number of Topliss-reactive ketones (excluding diaryl/α,β-unsaturated/α-hetero) is 1. The lowest BCUT2D eigenvalue weighted by molar-refractivity contribution is 0.0618. The molecule has 0 aliphatic carbocycles. The van der Waals surface area contributed by atoms with Crippen molar-refractivity contribution in [1.29, 1.82) is 0 Å². The molecule has 0 amide bonds. The molecule has 0 bridgehead atoms. The highest BCUT2D eigenvalue weighted by molar-refractivity contribution is 6.00. The molecule has 0 N–H and O–H groups in total. The van der Waals surface area contributed by atoms with Gasteiger partial charge < -0.3 is 9.47 Å². The molecule has 0 atom stereocenters. The Bertz CT molecular complexity index is 454. The second-order valence-electron chi connectivity index (χ2n) is 5.01. The first kappa shape index (κ1) is 12.9. The van der Waals surface area contributed by atoms with Gasteiger partial charge in [-0.2, -0.15) is 0 Å². The van der Waals surface area contributed by atoms with Crippen LogP contribution in [0.3, 0.4) is 0 Å². The summed E-state index contributed by atoms with van der Waals surface area (Å²) >= 11 is 0. The Hall–Kier alpha value is -1.58. The highest BCUT2D eigenvalue weighted by atomic mass is 19.1. The van der Waals surface area contributed by atoms with Crippen molar-refractivity contribution in [2.45, 2.75) is 32.3 Å². The smallest absolute Gasteiger partial charge is 0.170 e. The van der Waals surface area contributed by atoms with Gasteiger partial charge in [0.1, 0.15) is 17.1 Å². The average Bonchev–Trinajstić information content (AvgIpc) is 2.27. The van der Waals surface area contributed by atoms with Gasteiger partial charge in [0.15, 0.2) is 5.78 Å². The van der Waals surface area contributed by atoms with Gasteiger partial charge in [0.25, 0.3) is 0 Å². The highest BCUT2D eigenvalue weighted by Crippen LogP contribution is 2.35. The molecule has 1 aromatic carbocycles. The van der Waals surface area contributed by atoms with Crippen LogP contribution in [0.25, 0.3) is 0 Å². The molecule has 98 valence electrons. The molecule has 0 radical (unpaired) electrons. The largest absolute Gasteiger partial charge is 0.493 e. The third kappa shape index (κ3) is 2.81. The second kappa shape index (κ2) is 4.96. The average molecular weight is 252 g/mol. The summed E-state index contributed by atoms with van der Waals surface area (Å²) in [6.45, 7) is 3.69. The first-order valence-corrected chi connectivity index (χ1v) is 6.07. The van der Waals surface area contributed by atoms with Crippen molar-refractivity contribution in [2.75, 3.05) is 13.3 Å². The standard InChI is InChI=1S/C14H17FO3/c1-14(2)9-12(16)11-5-4-10(8-13(11)18-14)17-7-3-6-15/h4-5,8H,3,6-7,9H2,1-2H3. The monoisotopic (exact) mass is 252 g/mol. The van der Waals surface area contributed by atoms with Crippen molar-refractivity contribution in [1.82, 2.24) is 0 Å². The Kier molecular flexibility index (Phi) is 3.55. The van der Waals surface area contributed by atoms with E-state index in [1.54, 1.807) is 18.2 Å². The van der Waals surface area contributed by atoms with Crippen molar-refractivity contribution < 1.29 is 18.7 Å². The number of carbonyl (C=O) groups excluding carboxylic acids is 1. The van der Waals surface area contributed by atoms with E-state index >= 15 is 0 Å². The summed E-state index contributed by atoms with van der Waals surface area (Å²) in [7, 11) is 0. The number of halogens is 1. The van der Waals surface area contributed by atoms with E-state index in [0.717, 1.165) is 0 Å². The summed E-state index contributed by atoms with van der Waals surface area (Å²) < 4.78 is 23.1. The lowest BCUT2D eigenvalue weighted by Gasteiger charge is -2.31. The molecule has 0 unspecified atom stereocenters. The molecule has 0 saturated heterocycles. The van der Waals surface area contributed by atoms with Crippen LogP contribution in [0.15, 0.2) is 18.2 Å². The van der Waals surface area contributed by atoms with E-state index in [4.69, 9.17) is 9.47 Å². The van der Waals surface area contributed by atoms with Crippen LogP contribution in [0, 0.1) is 0 Å². The fraction of sp³-hybridized carbons (Fsp3) is 0.500. The number of hydrogen-bond donors (Lipinski definition) is 0. The predicted molar refractivity (Wildman–Crippen MR) is 66.2 cm³/mol. The predicted octanol–water partition coefficient (Wildman–Crippen LogP) is 3.17. The van der Waals surface area contributed by atoms with Crippen LogP contribution in [0.5, 0.6) is 11.5 Å². The van der Waals surface area contributed by atoms with Gasteiger partial charge in [-0.25, -0.2) is 0 Å². The Morgan fingerprint density at radius 1 is 1.44 bits per heavy atom. The molecule has 1 aromatic rings. The molecule has 1 heterocycles. The number of ketones is 1. The third-order valence-corrected chi connectivity index (χ3v) is 2.77. The maximum absolute atomic E-state index is 12.0. The van der Waals surface area contributed by atoms with E-state index in [9.17, 15) is 9.18 Å². The van der Waals surface area contributed by atoms with E-state index in [1.807, 2.05) is 13.8 Å². The number of carbonyl (C=O) groups is 1. The van der Waals surface area contributed by atoms with Crippen LogP contribution in [0.2, 0.25) is 0 Å². The molecular formula is C14H17FO3. The van der Waals surface area contributed by atoms with Crippen LogP contribution in [-0.4, -0.2) is 24.7 Å². The molecule has 1 aliphatic heterocycles. The van der Waals surface area contributed by atoms with Crippen molar-refractivity contribution in [2.24, 2.45) is 0 Å². The molecule has 1 aliphatic rings. The van der Waals surface area contributed by atoms with E-state index in [2.05, 4.69) is 0 Å². The lowest BCUT2D eigenvalue weighted by Crippen LogP contribution is -2.35. The Balaban J connectivity index is 2.18. The zero-order valence-electron chi connectivity index (χ0n) is 10.7. The van der Waals surface area contributed by atoms with Gasteiger partial charge in [-0.15, -0.1) is 0 Å². The quantitative estimate of drug-likeness (QED) is 0.772. The molecule has 4 heteroatoms. The fourth-order valence-electron chi connectivity index (χ4n) is 1.97. The maximum Gasteiger partial charge on any atom is 0.170 e. The van der Waals surface area contributed by atoms with Gasteiger partial charge in [-0.05, 0) is 26.0 Å². The second-order valence-corrected chi connectivity index (χ2v) is 5.01. The lowest BCUT2D eigenvalue weighted by atomic mass is 9.93. The van der Waals surface area contributed by atoms with Gasteiger partial charge in [0.05, 0.1) is 25.3 Å². The first-order chi connectivity index (χ1) is 8.52. The minimum absolute atomic E-state index is 0.0801. The van der Waals surface area contributed by atoms with Gasteiger partial charge >= 0.3 is 0 Å². The molecule has 0 saturated carbocycles. The minimum Gasteiger partial charge on any atom is -0.493 e. The number of benzene rings is 1. The van der Waals surface area contributed by atoms with Crippen LogP contribution in [-0.2, 0) is 0 Å². The summed E-state index contributed by atoms with van der Waals surface area (Å²) in [6, 6.07) is 5.13.